The molecule has 108 valence electrons. The van der Waals surface area contributed by atoms with Gasteiger partial charge in [0.2, 0.25) is 0 Å². The second kappa shape index (κ2) is 6.98. The molecule has 0 unspecified atom stereocenters. The molecule has 0 aliphatic carbocycles. The van der Waals surface area contributed by atoms with Crippen molar-refractivity contribution < 1.29 is 0 Å². The third-order valence-electron chi connectivity index (χ3n) is 3.25. The average Bonchev–Trinajstić information content (AvgIpc) is 3.17. The van der Waals surface area contributed by atoms with Crippen molar-refractivity contribution in [2.24, 2.45) is 0 Å². The van der Waals surface area contributed by atoms with E-state index in [1.807, 2.05) is 17.5 Å². The van der Waals surface area contributed by atoms with Gasteiger partial charge in [-0.25, -0.2) is 4.98 Å². The largest absolute Gasteiger partial charge is 0.306 e. The monoisotopic (exact) mass is 314 g/mol. The summed E-state index contributed by atoms with van der Waals surface area (Å²) in [6.45, 7) is 3.92. The van der Waals surface area contributed by atoms with E-state index in [1.165, 1.54) is 25.2 Å². The van der Waals surface area contributed by atoms with Crippen LogP contribution in [-0.2, 0) is 19.5 Å². The maximum absolute atomic E-state index is 4.43. The van der Waals surface area contributed by atoms with Crippen molar-refractivity contribution in [1.29, 1.82) is 0 Å². The highest BCUT2D eigenvalue weighted by atomic mass is 32.1. The molecule has 21 heavy (non-hydrogen) atoms. The first-order chi connectivity index (χ1) is 10.3. The van der Waals surface area contributed by atoms with Crippen molar-refractivity contribution in [3.05, 3.63) is 63.4 Å². The van der Waals surface area contributed by atoms with Crippen LogP contribution in [0.4, 0.5) is 0 Å². The number of rotatable bonds is 6. The fourth-order valence-corrected chi connectivity index (χ4v) is 3.93. The Bertz CT molecular complexity index is 686. The Morgan fingerprint density at radius 3 is 2.57 bits per heavy atom. The van der Waals surface area contributed by atoms with Gasteiger partial charge in [0.05, 0.1) is 0 Å². The van der Waals surface area contributed by atoms with E-state index in [1.54, 1.807) is 11.3 Å². The molecule has 2 aromatic heterocycles. The average molecular weight is 314 g/mol. The topological polar surface area (TPSA) is 24.9 Å². The Kier molecular flexibility index (Phi) is 4.80. The molecule has 0 aliphatic rings. The van der Waals surface area contributed by atoms with Crippen LogP contribution in [0.15, 0.2) is 48.7 Å². The normalized spacial score (nSPS) is 10.9. The van der Waals surface area contributed by atoms with Crippen LogP contribution in [0, 0.1) is 0 Å². The summed E-state index contributed by atoms with van der Waals surface area (Å²) in [6.07, 6.45) is 3.06. The molecular weight excluding hydrogens is 296 g/mol. The van der Waals surface area contributed by atoms with Gasteiger partial charge in [0.15, 0.2) is 0 Å². The molecule has 3 rings (SSSR count). The molecule has 0 spiro atoms. The molecule has 2 heterocycles. The number of thiazole rings is 1. The first-order valence-corrected chi connectivity index (χ1v) is 8.77. The molecular formula is C17H18N2S2. The molecule has 0 atom stereocenters. The van der Waals surface area contributed by atoms with E-state index in [2.05, 4.69) is 59.7 Å². The molecule has 1 N–H and O–H groups in total. The lowest BCUT2D eigenvalue weighted by Crippen LogP contribution is -2.11. The molecule has 1 aromatic carbocycles. The van der Waals surface area contributed by atoms with E-state index in [0.717, 1.165) is 19.5 Å². The summed E-state index contributed by atoms with van der Waals surface area (Å²) in [6, 6.07) is 14.9. The summed E-state index contributed by atoms with van der Waals surface area (Å²) in [5, 5.41) is 4.65. The molecule has 0 bridgehead atoms. The molecule has 3 aromatic rings. The standard InChI is InChI=1S/C17H18N2S2/c1-2-14-11-19-17(21-14)12-18-10-15-8-9-16(20-15)13-6-4-3-5-7-13/h3-9,11,18H,2,10,12H2,1H3. The van der Waals surface area contributed by atoms with Crippen LogP contribution in [0.5, 0.6) is 0 Å². The smallest absolute Gasteiger partial charge is 0.107 e. The third kappa shape index (κ3) is 3.79. The quantitative estimate of drug-likeness (QED) is 0.712. The fourth-order valence-electron chi connectivity index (χ4n) is 2.12. The minimum absolute atomic E-state index is 0.850. The summed E-state index contributed by atoms with van der Waals surface area (Å²) >= 11 is 3.65. The van der Waals surface area contributed by atoms with Gasteiger partial charge in [0.1, 0.15) is 5.01 Å². The molecule has 2 nitrogen and oxygen atoms in total. The highest BCUT2D eigenvalue weighted by molar-refractivity contribution is 7.15. The van der Waals surface area contributed by atoms with Crippen LogP contribution < -0.4 is 5.32 Å². The minimum Gasteiger partial charge on any atom is -0.306 e. The lowest BCUT2D eigenvalue weighted by Gasteiger charge is -2.00. The summed E-state index contributed by atoms with van der Waals surface area (Å²) in [7, 11) is 0. The number of hydrogen-bond donors (Lipinski definition) is 1. The van der Waals surface area contributed by atoms with E-state index in [0.29, 0.717) is 0 Å². The van der Waals surface area contributed by atoms with Gasteiger partial charge in [-0.3, -0.25) is 0 Å². The second-order valence-corrected chi connectivity index (χ2v) is 7.18. The number of nitrogens with one attached hydrogen (secondary N) is 1. The number of aryl methyl sites for hydroxylation is 1. The minimum atomic E-state index is 0.850. The Morgan fingerprint density at radius 2 is 1.81 bits per heavy atom. The summed E-state index contributed by atoms with van der Waals surface area (Å²) in [5.74, 6) is 0. The molecule has 4 heteroatoms. The predicted molar refractivity (Wildman–Crippen MR) is 91.8 cm³/mol. The fraction of sp³-hybridized carbons (Fsp3) is 0.235. The maximum atomic E-state index is 4.43. The van der Waals surface area contributed by atoms with E-state index in [-0.39, 0.29) is 0 Å². The number of benzene rings is 1. The van der Waals surface area contributed by atoms with Gasteiger partial charge in [-0.05, 0) is 24.1 Å². The van der Waals surface area contributed by atoms with Gasteiger partial charge in [-0.15, -0.1) is 22.7 Å². The zero-order valence-electron chi connectivity index (χ0n) is 12.0. The van der Waals surface area contributed by atoms with Crippen molar-refractivity contribution in [2.45, 2.75) is 26.4 Å². The van der Waals surface area contributed by atoms with Gasteiger partial charge in [-0.1, -0.05) is 37.3 Å². The highest BCUT2D eigenvalue weighted by Crippen LogP contribution is 2.27. The Hall–Kier alpha value is -1.49. The second-order valence-electron chi connectivity index (χ2n) is 4.81. The molecule has 0 radical (unpaired) electrons. The zero-order valence-corrected chi connectivity index (χ0v) is 13.6. The van der Waals surface area contributed by atoms with Crippen molar-refractivity contribution in [3.63, 3.8) is 0 Å². The number of thiophene rings is 1. The molecule has 0 fully saturated rings. The van der Waals surface area contributed by atoms with Gasteiger partial charge < -0.3 is 5.32 Å². The van der Waals surface area contributed by atoms with E-state index < -0.39 is 0 Å². The van der Waals surface area contributed by atoms with E-state index in [9.17, 15) is 0 Å². The van der Waals surface area contributed by atoms with Crippen molar-refractivity contribution in [3.8, 4) is 10.4 Å². The van der Waals surface area contributed by atoms with Crippen LogP contribution in [0.1, 0.15) is 21.7 Å². The van der Waals surface area contributed by atoms with Crippen LogP contribution in [0.2, 0.25) is 0 Å². The Labute approximate surface area is 133 Å². The van der Waals surface area contributed by atoms with Gasteiger partial charge >= 0.3 is 0 Å². The van der Waals surface area contributed by atoms with E-state index >= 15 is 0 Å². The summed E-state index contributed by atoms with van der Waals surface area (Å²) in [5.41, 5.74) is 1.29. The summed E-state index contributed by atoms with van der Waals surface area (Å²) < 4.78 is 0. The third-order valence-corrected chi connectivity index (χ3v) is 5.52. The highest BCUT2D eigenvalue weighted by Gasteiger charge is 2.03. The molecule has 0 aliphatic heterocycles. The van der Waals surface area contributed by atoms with Crippen LogP contribution in [-0.4, -0.2) is 4.98 Å². The Morgan fingerprint density at radius 1 is 0.952 bits per heavy atom. The summed E-state index contributed by atoms with van der Waals surface area (Å²) in [4.78, 5) is 8.48. The van der Waals surface area contributed by atoms with Gasteiger partial charge in [0, 0.05) is 33.9 Å². The van der Waals surface area contributed by atoms with Crippen molar-refractivity contribution in [2.75, 3.05) is 0 Å². The zero-order chi connectivity index (χ0) is 14.5. The maximum Gasteiger partial charge on any atom is 0.107 e. The number of nitrogens with zero attached hydrogens (tertiary/aromatic N) is 1. The van der Waals surface area contributed by atoms with E-state index in [4.69, 9.17) is 0 Å². The lowest BCUT2D eigenvalue weighted by atomic mass is 10.2. The van der Waals surface area contributed by atoms with Crippen molar-refractivity contribution >= 4 is 22.7 Å². The van der Waals surface area contributed by atoms with Crippen LogP contribution in [0.25, 0.3) is 10.4 Å². The van der Waals surface area contributed by atoms with Gasteiger partial charge in [0.25, 0.3) is 0 Å². The van der Waals surface area contributed by atoms with Crippen LogP contribution in [0.3, 0.4) is 0 Å². The molecule has 0 saturated carbocycles. The SMILES string of the molecule is CCc1cnc(CNCc2ccc(-c3ccccc3)s2)s1. The molecule has 0 amide bonds. The first-order valence-electron chi connectivity index (χ1n) is 7.13. The first kappa shape index (κ1) is 14.4. The predicted octanol–water partition coefficient (Wildman–Crippen LogP) is 4.72. The van der Waals surface area contributed by atoms with Crippen LogP contribution >= 0.6 is 22.7 Å². The van der Waals surface area contributed by atoms with Gasteiger partial charge in [-0.2, -0.15) is 0 Å². The van der Waals surface area contributed by atoms with Crippen molar-refractivity contribution in [1.82, 2.24) is 10.3 Å². The number of aromatic nitrogens is 1. The molecule has 0 saturated heterocycles. The Balaban J connectivity index is 1.55. The number of hydrogen-bond acceptors (Lipinski definition) is 4. The lowest BCUT2D eigenvalue weighted by molar-refractivity contribution is 0.697.